The Bertz CT molecular complexity index is 589. The van der Waals surface area contributed by atoms with Crippen LogP contribution in [0.15, 0.2) is 18.2 Å². The summed E-state index contributed by atoms with van der Waals surface area (Å²) in [4.78, 5) is 24.6. The van der Waals surface area contributed by atoms with Crippen LogP contribution in [0, 0.1) is 16.0 Å². The van der Waals surface area contributed by atoms with Crippen molar-refractivity contribution in [1.82, 2.24) is 5.32 Å². The molecule has 0 saturated carbocycles. The molecule has 0 bridgehead atoms. The maximum atomic E-state index is 11.9. The SMILES string of the molecule is CC(C)C(=O)N[C@@H]1CCCN(c2cc(CO)ccc2[N+](=O)[O-])C1. The fraction of sp³-hybridized carbons (Fsp3) is 0.562. The van der Waals surface area contributed by atoms with Crippen molar-refractivity contribution in [2.24, 2.45) is 5.92 Å². The zero-order valence-corrected chi connectivity index (χ0v) is 13.5. The van der Waals surface area contributed by atoms with Gasteiger partial charge in [-0.25, -0.2) is 0 Å². The number of rotatable bonds is 5. The molecule has 1 aliphatic rings. The van der Waals surface area contributed by atoms with Gasteiger partial charge in [-0.3, -0.25) is 14.9 Å². The van der Waals surface area contributed by atoms with Crippen LogP contribution in [0.1, 0.15) is 32.3 Å². The Hall–Kier alpha value is -2.15. The number of aliphatic hydroxyl groups is 1. The number of nitrogens with zero attached hydrogens (tertiary/aromatic N) is 2. The normalized spacial score (nSPS) is 18.1. The lowest BCUT2D eigenvalue weighted by molar-refractivity contribution is -0.384. The summed E-state index contributed by atoms with van der Waals surface area (Å²) in [6.45, 7) is 4.75. The van der Waals surface area contributed by atoms with Crippen molar-refractivity contribution in [3.05, 3.63) is 33.9 Å². The molecule has 7 nitrogen and oxygen atoms in total. The molecule has 2 N–H and O–H groups in total. The fourth-order valence-electron chi connectivity index (χ4n) is 2.76. The first-order valence-electron chi connectivity index (χ1n) is 7.86. The number of nitrogens with one attached hydrogen (secondary N) is 1. The van der Waals surface area contributed by atoms with Crippen LogP contribution in [-0.2, 0) is 11.4 Å². The second kappa shape index (κ2) is 7.41. The van der Waals surface area contributed by atoms with Crippen LogP contribution < -0.4 is 10.2 Å². The van der Waals surface area contributed by atoms with Crippen LogP contribution in [0.4, 0.5) is 11.4 Å². The van der Waals surface area contributed by atoms with E-state index in [0.29, 0.717) is 24.3 Å². The first kappa shape index (κ1) is 17.2. The summed E-state index contributed by atoms with van der Waals surface area (Å²) < 4.78 is 0. The minimum absolute atomic E-state index is 0.00420. The van der Waals surface area contributed by atoms with E-state index in [1.54, 1.807) is 12.1 Å². The van der Waals surface area contributed by atoms with Gasteiger partial charge in [-0.15, -0.1) is 0 Å². The van der Waals surface area contributed by atoms with E-state index in [1.165, 1.54) is 6.07 Å². The lowest BCUT2D eigenvalue weighted by Crippen LogP contribution is -2.49. The molecule has 1 saturated heterocycles. The molecule has 1 aromatic rings. The third-order valence-corrected chi connectivity index (χ3v) is 4.05. The van der Waals surface area contributed by atoms with Crippen molar-refractivity contribution in [3.63, 3.8) is 0 Å². The number of nitro benzene ring substituents is 1. The molecule has 0 aliphatic carbocycles. The molecule has 1 amide bonds. The quantitative estimate of drug-likeness (QED) is 0.637. The van der Waals surface area contributed by atoms with Gasteiger partial charge >= 0.3 is 0 Å². The molecule has 0 unspecified atom stereocenters. The Balaban J connectivity index is 2.20. The first-order chi connectivity index (χ1) is 10.9. The molecule has 0 aromatic heterocycles. The van der Waals surface area contributed by atoms with Gasteiger partial charge in [-0.1, -0.05) is 13.8 Å². The van der Waals surface area contributed by atoms with Gasteiger partial charge in [0, 0.05) is 31.1 Å². The number of nitro groups is 1. The Morgan fingerprint density at radius 3 is 2.87 bits per heavy atom. The maximum Gasteiger partial charge on any atom is 0.292 e. The molecule has 1 fully saturated rings. The van der Waals surface area contributed by atoms with Crippen LogP contribution in [-0.4, -0.2) is 35.1 Å². The first-order valence-corrected chi connectivity index (χ1v) is 7.86. The topological polar surface area (TPSA) is 95.7 Å². The van der Waals surface area contributed by atoms with Gasteiger partial charge in [0.25, 0.3) is 5.69 Å². The Morgan fingerprint density at radius 2 is 2.26 bits per heavy atom. The number of amides is 1. The van der Waals surface area contributed by atoms with Crippen molar-refractivity contribution in [2.45, 2.75) is 39.3 Å². The number of aliphatic hydroxyl groups excluding tert-OH is 1. The summed E-state index contributed by atoms with van der Waals surface area (Å²) in [6.07, 6.45) is 1.71. The average molecular weight is 321 g/mol. The van der Waals surface area contributed by atoms with Gasteiger partial charge in [0.15, 0.2) is 0 Å². The van der Waals surface area contributed by atoms with E-state index in [9.17, 15) is 20.0 Å². The van der Waals surface area contributed by atoms with Gasteiger partial charge < -0.3 is 15.3 Å². The number of carbonyl (C=O) groups is 1. The molecule has 0 radical (unpaired) electrons. The molecule has 1 aliphatic heterocycles. The highest BCUT2D eigenvalue weighted by atomic mass is 16.6. The molecule has 126 valence electrons. The minimum atomic E-state index is -0.410. The van der Waals surface area contributed by atoms with Gasteiger partial charge in [-0.05, 0) is 30.5 Å². The minimum Gasteiger partial charge on any atom is -0.392 e. The van der Waals surface area contributed by atoms with Crippen molar-refractivity contribution >= 4 is 17.3 Å². The monoisotopic (exact) mass is 321 g/mol. The highest BCUT2D eigenvalue weighted by Gasteiger charge is 2.27. The summed E-state index contributed by atoms with van der Waals surface area (Å²) in [7, 11) is 0. The number of benzene rings is 1. The zero-order chi connectivity index (χ0) is 17.0. The molecule has 1 atom stereocenters. The third kappa shape index (κ3) is 4.19. The van der Waals surface area contributed by atoms with Gasteiger partial charge in [0.1, 0.15) is 5.69 Å². The van der Waals surface area contributed by atoms with E-state index in [1.807, 2.05) is 18.7 Å². The number of hydrogen-bond acceptors (Lipinski definition) is 5. The van der Waals surface area contributed by atoms with Crippen LogP contribution >= 0.6 is 0 Å². The van der Waals surface area contributed by atoms with E-state index in [0.717, 1.165) is 12.8 Å². The third-order valence-electron chi connectivity index (χ3n) is 4.05. The predicted molar refractivity (Wildman–Crippen MR) is 87.2 cm³/mol. The Kier molecular flexibility index (Phi) is 5.54. The number of carbonyl (C=O) groups excluding carboxylic acids is 1. The molecule has 1 aromatic carbocycles. The summed E-state index contributed by atoms with van der Waals surface area (Å²) in [5.74, 6) is -0.0899. The second-order valence-corrected chi connectivity index (χ2v) is 6.19. The largest absolute Gasteiger partial charge is 0.392 e. The number of anilines is 1. The molecule has 7 heteroatoms. The second-order valence-electron chi connectivity index (χ2n) is 6.19. The van der Waals surface area contributed by atoms with Crippen molar-refractivity contribution in [3.8, 4) is 0 Å². The van der Waals surface area contributed by atoms with Crippen LogP contribution in [0.5, 0.6) is 0 Å². The van der Waals surface area contributed by atoms with E-state index in [4.69, 9.17) is 0 Å². The molecule has 2 rings (SSSR count). The number of hydrogen-bond donors (Lipinski definition) is 2. The fourth-order valence-corrected chi connectivity index (χ4v) is 2.76. The van der Waals surface area contributed by atoms with Crippen molar-refractivity contribution in [2.75, 3.05) is 18.0 Å². The van der Waals surface area contributed by atoms with Gasteiger partial charge in [0.05, 0.1) is 11.5 Å². The van der Waals surface area contributed by atoms with E-state index in [-0.39, 0.29) is 30.2 Å². The molecular formula is C16H23N3O4. The van der Waals surface area contributed by atoms with Gasteiger partial charge in [0.2, 0.25) is 5.91 Å². The summed E-state index contributed by atoms with van der Waals surface area (Å²) in [6, 6.07) is 4.63. The van der Waals surface area contributed by atoms with Crippen LogP contribution in [0.2, 0.25) is 0 Å². The molecule has 1 heterocycles. The highest BCUT2D eigenvalue weighted by Crippen LogP contribution is 2.31. The summed E-state index contributed by atoms with van der Waals surface area (Å²) >= 11 is 0. The molecule has 23 heavy (non-hydrogen) atoms. The highest BCUT2D eigenvalue weighted by molar-refractivity contribution is 5.78. The van der Waals surface area contributed by atoms with Crippen LogP contribution in [0.3, 0.4) is 0 Å². The van der Waals surface area contributed by atoms with E-state index >= 15 is 0 Å². The lowest BCUT2D eigenvalue weighted by Gasteiger charge is -2.35. The smallest absolute Gasteiger partial charge is 0.292 e. The Labute approximate surface area is 135 Å². The molecule has 0 spiro atoms. The molecular weight excluding hydrogens is 298 g/mol. The number of piperidine rings is 1. The zero-order valence-electron chi connectivity index (χ0n) is 13.5. The predicted octanol–water partition coefficient (Wildman–Crippen LogP) is 1.83. The summed E-state index contributed by atoms with van der Waals surface area (Å²) in [5.41, 5.74) is 1.17. The van der Waals surface area contributed by atoms with E-state index in [2.05, 4.69) is 5.32 Å². The average Bonchev–Trinajstić information content (AvgIpc) is 2.54. The Morgan fingerprint density at radius 1 is 1.52 bits per heavy atom. The standard InChI is InChI=1S/C16H23N3O4/c1-11(2)16(21)17-13-4-3-7-18(9-13)15-8-12(10-20)5-6-14(15)19(22)23/h5-6,8,11,13,20H,3-4,7,9-10H2,1-2H3,(H,17,21)/t13-/m1/s1. The van der Waals surface area contributed by atoms with Crippen molar-refractivity contribution in [1.29, 1.82) is 0 Å². The van der Waals surface area contributed by atoms with Crippen LogP contribution in [0.25, 0.3) is 0 Å². The maximum absolute atomic E-state index is 11.9. The van der Waals surface area contributed by atoms with E-state index < -0.39 is 4.92 Å². The van der Waals surface area contributed by atoms with Crippen molar-refractivity contribution < 1.29 is 14.8 Å². The van der Waals surface area contributed by atoms with Gasteiger partial charge in [-0.2, -0.15) is 0 Å². The summed E-state index contributed by atoms with van der Waals surface area (Å²) in [5, 5.41) is 23.5. The lowest BCUT2D eigenvalue weighted by atomic mass is 10.0.